The van der Waals surface area contributed by atoms with Gasteiger partial charge in [0.15, 0.2) is 5.78 Å². The zero-order valence-electron chi connectivity index (χ0n) is 18.0. The van der Waals surface area contributed by atoms with Crippen molar-refractivity contribution in [2.45, 2.75) is 12.8 Å². The van der Waals surface area contributed by atoms with Crippen LogP contribution in [0.2, 0.25) is 0 Å². The van der Waals surface area contributed by atoms with Crippen LogP contribution < -0.4 is 10.9 Å². The lowest BCUT2D eigenvalue weighted by Crippen LogP contribution is -2.12. The van der Waals surface area contributed by atoms with E-state index in [1.165, 1.54) is 0 Å². The Bertz CT molecular complexity index is 1280. The summed E-state index contributed by atoms with van der Waals surface area (Å²) in [4.78, 5) is 52.5. The molecular formula is C18H16N8O10. The van der Waals surface area contributed by atoms with Crippen LogP contribution in [-0.4, -0.2) is 49.1 Å². The molecule has 0 aliphatic heterocycles. The number of hydrogen-bond acceptors (Lipinski definition) is 14. The van der Waals surface area contributed by atoms with Crippen LogP contribution in [0.1, 0.15) is 12.8 Å². The number of carbonyl (C=O) groups excluding carboxylic acids is 1. The van der Waals surface area contributed by atoms with E-state index in [4.69, 9.17) is 0 Å². The first-order valence-electron chi connectivity index (χ1n) is 9.63. The Morgan fingerprint density at radius 2 is 1.31 bits per heavy atom. The summed E-state index contributed by atoms with van der Waals surface area (Å²) >= 11 is 0. The van der Waals surface area contributed by atoms with E-state index in [-0.39, 0.29) is 29.9 Å². The molecule has 0 heterocycles. The first-order valence-corrected chi connectivity index (χ1v) is 9.63. The van der Waals surface area contributed by atoms with Gasteiger partial charge in [-0.1, -0.05) is 0 Å². The molecule has 0 aliphatic carbocycles. The number of carbonyl (C=O) groups is 1. The number of hydrazone groups is 2. The van der Waals surface area contributed by atoms with Gasteiger partial charge in [-0.15, -0.1) is 0 Å². The van der Waals surface area contributed by atoms with Gasteiger partial charge in [0, 0.05) is 18.6 Å². The predicted octanol–water partition coefficient (Wildman–Crippen LogP) is 2.53. The highest BCUT2D eigenvalue weighted by Crippen LogP contribution is 2.30. The third-order valence-corrected chi connectivity index (χ3v) is 4.35. The number of nitrogens with zero attached hydrogens (tertiary/aromatic N) is 6. The van der Waals surface area contributed by atoms with Gasteiger partial charge in [0.05, 0.1) is 50.4 Å². The van der Waals surface area contributed by atoms with E-state index >= 15 is 0 Å². The third-order valence-electron chi connectivity index (χ3n) is 4.35. The quantitative estimate of drug-likeness (QED) is 0.202. The first kappa shape index (κ1) is 26.9. The number of hydrogen-bond donors (Lipinski definition) is 3. The summed E-state index contributed by atoms with van der Waals surface area (Å²) in [6.45, 7) is -0.620. The second kappa shape index (κ2) is 12.2. The summed E-state index contributed by atoms with van der Waals surface area (Å²) in [7, 11) is 0. The smallest absolute Gasteiger partial charge is 0.301 e. The molecule has 0 saturated carbocycles. The molecule has 188 valence electrons. The van der Waals surface area contributed by atoms with Crippen molar-refractivity contribution in [3.05, 3.63) is 76.9 Å². The van der Waals surface area contributed by atoms with Crippen molar-refractivity contribution in [2.24, 2.45) is 10.2 Å². The van der Waals surface area contributed by atoms with E-state index in [0.29, 0.717) is 0 Å². The minimum absolute atomic E-state index is 0.0170. The van der Waals surface area contributed by atoms with Crippen LogP contribution in [0.25, 0.3) is 0 Å². The SMILES string of the molecule is O=C(C=NNc1ccc([N+](=O)[O-])cc1[N+](=O)[O-])CCC(CO)=NNc1ccc([N+](=O)[O-])cc1[N+](=O)[O-]. The second-order valence-corrected chi connectivity index (χ2v) is 6.72. The molecule has 0 atom stereocenters. The van der Waals surface area contributed by atoms with E-state index in [1.807, 2.05) is 0 Å². The van der Waals surface area contributed by atoms with E-state index in [1.54, 1.807) is 0 Å². The molecule has 0 fully saturated rings. The van der Waals surface area contributed by atoms with Crippen LogP contribution in [0.4, 0.5) is 34.1 Å². The minimum Gasteiger partial charge on any atom is -0.390 e. The Labute approximate surface area is 199 Å². The van der Waals surface area contributed by atoms with E-state index in [2.05, 4.69) is 21.1 Å². The molecule has 0 aliphatic rings. The number of Topliss-reactive ketones (excluding diaryl/α,β-unsaturated/α-hetero) is 1. The van der Waals surface area contributed by atoms with Crippen LogP contribution in [0.15, 0.2) is 46.6 Å². The lowest BCUT2D eigenvalue weighted by Gasteiger charge is -2.05. The Hall–Kier alpha value is -5.39. The lowest BCUT2D eigenvalue weighted by atomic mass is 10.1. The molecule has 0 bridgehead atoms. The zero-order chi connectivity index (χ0) is 26.8. The molecule has 0 amide bonds. The number of rotatable bonds is 13. The van der Waals surface area contributed by atoms with Crippen LogP contribution in [0, 0.1) is 40.5 Å². The van der Waals surface area contributed by atoms with Gasteiger partial charge < -0.3 is 5.11 Å². The molecule has 0 saturated heterocycles. The lowest BCUT2D eigenvalue weighted by molar-refractivity contribution is -0.393. The summed E-state index contributed by atoms with van der Waals surface area (Å²) in [6.07, 6.45) is 0.471. The molecule has 36 heavy (non-hydrogen) atoms. The Balaban J connectivity index is 2.01. The van der Waals surface area contributed by atoms with Gasteiger partial charge in [-0.2, -0.15) is 10.2 Å². The predicted molar refractivity (Wildman–Crippen MR) is 124 cm³/mol. The summed E-state index contributed by atoms with van der Waals surface area (Å²) in [5.41, 5.74) is 1.95. The van der Waals surface area contributed by atoms with Crippen molar-refractivity contribution in [3.63, 3.8) is 0 Å². The fraction of sp³-hybridized carbons (Fsp3) is 0.167. The van der Waals surface area contributed by atoms with Crippen molar-refractivity contribution in [2.75, 3.05) is 17.5 Å². The molecule has 0 unspecified atom stereocenters. The van der Waals surface area contributed by atoms with Crippen LogP contribution in [0.3, 0.4) is 0 Å². The number of nitro benzene ring substituents is 4. The summed E-state index contributed by atoms with van der Waals surface area (Å²) in [5, 5.41) is 60.5. The number of nitro groups is 4. The molecule has 18 heteroatoms. The van der Waals surface area contributed by atoms with Gasteiger partial charge in [-0.25, -0.2) is 0 Å². The molecule has 18 nitrogen and oxygen atoms in total. The fourth-order valence-electron chi connectivity index (χ4n) is 2.57. The van der Waals surface area contributed by atoms with Crippen LogP contribution in [0.5, 0.6) is 0 Å². The molecule has 2 rings (SSSR count). The minimum atomic E-state index is -0.862. The topological polar surface area (TPSA) is 259 Å². The van der Waals surface area contributed by atoms with E-state index in [9.17, 15) is 50.4 Å². The largest absolute Gasteiger partial charge is 0.390 e. The monoisotopic (exact) mass is 504 g/mol. The average Bonchev–Trinajstić information content (AvgIpc) is 2.83. The molecule has 0 aromatic heterocycles. The molecule has 3 N–H and O–H groups in total. The van der Waals surface area contributed by atoms with Crippen molar-refractivity contribution in [1.29, 1.82) is 0 Å². The number of benzene rings is 2. The fourth-order valence-corrected chi connectivity index (χ4v) is 2.57. The van der Waals surface area contributed by atoms with Gasteiger partial charge in [0.25, 0.3) is 11.4 Å². The average molecular weight is 504 g/mol. The van der Waals surface area contributed by atoms with Gasteiger partial charge in [0.2, 0.25) is 0 Å². The number of aliphatic hydroxyl groups excluding tert-OH is 1. The van der Waals surface area contributed by atoms with Gasteiger partial charge >= 0.3 is 11.4 Å². The normalized spacial score (nSPS) is 11.2. The standard InChI is InChI=1S/C18H16N8O10/c27-10-11(20-22-16-6-3-13(24(31)32)8-18(16)26(35)36)1-4-14(28)9-19-21-15-5-2-12(23(29)30)7-17(15)25(33)34/h2-3,5-9,21-22,27H,1,4,10H2. The summed E-state index contributed by atoms with van der Waals surface area (Å²) in [5.74, 6) is -0.588. The van der Waals surface area contributed by atoms with Crippen molar-refractivity contribution < 1.29 is 29.6 Å². The first-order chi connectivity index (χ1) is 17.0. The summed E-state index contributed by atoms with van der Waals surface area (Å²) in [6, 6.07) is 5.61. The van der Waals surface area contributed by atoms with E-state index in [0.717, 1.165) is 42.6 Å². The molecule has 2 aromatic carbocycles. The number of aliphatic hydroxyl groups is 1. The van der Waals surface area contributed by atoms with Crippen LogP contribution in [-0.2, 0) is 4.79 Å². The maximum atomic E-state index is 12.0. The van der Waals surface area contributed by atoms with Crippen molar-refractivity contribution in [3.8, 4) is 0 Å². The highest BCUT2D eigenvalue weighted by molar-refractivity contribution is 6.28. The molecule has 0 radical (unpaired) electrons. The maximum Gasteiger partial charge on any atom is 0.301 e. The van der Waals surface area contributed by atoms with Crippen LogP contribution >= 0.6 is 0 Å². The van der Waals surface area contributed by atoms with Crippen molar-refractivity contribution in [1.82, 2.24) is 0 Å². The number of ketones is 1. The Kier molecular flexibility index (Phi) is 9.09. The van der Waals surface area contributed by atoms with Gasteiger partial charge in [0.1, 0.15) is 11.4 Å². The van der Waals surface area contributed by atoms with Gasteiger partial charge in [-0.3, -0.25) is 56.1 Å². The highest BCUT2D eigenvalue weighted by Gasteiger charge is 2.20. The zero-order valence-corrected chi connectivity index (χ0v) is 18.0. The molecule has 2 aromatic rings. The highest BCUT2D eigenvalue weighted by atomic mass is 16.6. The Morgan fingerprint density at radius 3 is 1.75 bits per heavy atom. The number of non-ortho nitro benzene ring substituents is 2. The number of nitrogens with one attached hydrogen (secondary N) is 2. The van der Waals surface area contributed by atoms with E-state index < -0.39 is 54.8 Å². The molecule has 0 spiro atoms. The Morgan fingerprint density at radius 1 is 0.806 bits per heavy atom. The number of anilines is 2. The maximum absolute atomic E-state index is 12.0. The third kappa shape index (κ3) is 7.31. The van der Waals surface area contributed by atoms with Gasteiger partial charge in [-0.05, 0) is 18.6 Å². The summed E-state index contributed by atoms with van der Waals surface area (Å²) < 4.78 is 0. The van der Waals surface area contributed by atoms with Crippen molar-refractivity contribution >= 4 is 51.8 Å². The molecular weight excluding hydrogens is 488 g/mol. The second-order valence-electron chi connectivity index (χ2n) is 6.72.